The van der Waals surface area contributed by atoms with Crippen molar-refractivity contribution in [1.29, 1.82) is 0 Å². The highest BCUT2D eigenvalue weighted by atomic mass is 35.5. The molecule has 1 fully saturated rings. The summed E-state index contributed by atoms with van der Waals surface area (Å²) < 4.78 is 28.4. The minimum Gasteiger partial charge on any atom is -0.336 e. The summed E-state index contributed by atoms with van der Waals surface area (Å²) in [4.78, 5) is 24.5. The van der Waals surface area contributed by atoms with Crippen molar-refractivity contribution >= 4 is 59.9 Å². The number of nitrogens with one attached hydrogen (secondary N) is 1. The van der Waals surface area contributed by atoms with E-state index < -0.39 is 16.1 Å². The molecule has 4 aromatic rings. The van der Waals surface area contributed by atoms with Crippen LogP contribution in [0.3, 0.4) is 0 Å². The smallest absolute Gasteiger partial charge is 0.241 e. The lowest BCUT2D eigenvalue weighted by Crippen LogP contribution is -2.41. The number of benzene rings is 2. The van der Waals surface area contributed by atoms with Crippen molar-refractivity contribution in [3.63, 3.8) is 0 Å². The number of likely N-dealkylation sites (tertiary alicyclic amines) is 1. The molecule has 0 saturated carbocycles. The molecule has 1 amide bonds. The van der Waals surface area contributed by atoms with Gasteiger partial charge in [-0.1, -0.05) is 41.9 Å². The minimum atomic E-state index is -3.82. The molecule has 5 rings (SSSR count). The van der Waals surface area contributed by atoms with E-state index in [-0.39, 0.29) is 10.8 Å². The Morgan fingerprint density at radius 2 is 1.94 bits per heavy atom. The lowest BCUT2D eigenvalue weighted by Gasteiger charge is -2.16. The number of thiophene rings is 1. The van der Waals surface area contributed by atoms with Crippen LogP contribution < -0.4 is 4.72 Å². The van der Waals surface area contributed by atoms with Crippen molar-refractivity contribution < 1.29 is 13.2 Å². The van der Waals surface area contributed by atoms with Crippen LogP contribution in [0.25, 0.3) is 21.0 Å². The molecule has 2 aromatic heterocycles. The monoisotopic (exact) mass is 472 g/mol. The first-order chi connectivity index (χ1) is 14.9. The van der Waals surface area contributed by atoms with Crippen LogP contribution in [-0.4, -0.2) is 41.8 Å². The van der Waals surface area contributed by atoms with Gasteiger partial charge in [-0.3, -0.25) is 4.79 Å². The Kier molecular flexibility index (Phi) is 5.13. The third kappa shape index (κ3) is 3.89. The number of hydrogen-bond donors (Lipinski definition) is 1. The van der Waals surface area contributed by atoms with Gasteiger partial charge >= 0.3 is 0 Å². The molecule has 1 N–H and O–H groups in total. The maximum atomic E-state index is 12.9. The van der Waals surface area contributed by atoms with Crippen molar-refractivity contribution in [1.82, 2.24) is 19.6 Å². The number of sulfonamides is 1. The zero-order chi connectivity index (χ0) is 21.6. The molecule has 7 nitrogen and oxygen atoms in total. The van der Waals surface area contributed by atoms with E-state index in [1.807, 2.05) is 30.3 Å². The van der Waals surface area contributed by atoms with E-state index in [1.54, 1.807) is 23.1 Å². The highest BCUT2D eigenvalue weighted by Crippen LogP contribution is 2.30. The van der Waals surface area contributed by atoms with Crippen LogP contribution in [0, 0.1) is 0 Å². The number of aromatic nitrogens is 2. The fourth-order valence-corrected chi connectivity index (χ4v) is 6.25. The first kappa shape index (κ1) is 20.3. The zero-order valence-electron chi connectivity index (χ0n) is 16.2. The lowest BCUT2D eigenvalue weighted by atomic mass is 10.1. The molecule has 0 spiro atoms. The second-order valence-corrected chi connectivity index (χ2v) is 10.5. The van der Waals surface area contributed by atoms with Gasteiger partial charge in [0.15, 0.2) is 0 Å². The summed E-state index contributed by atoms with van der Waals surface area (Å²) in [6.45, 7) is 0.849. The second kappa shape index (κ2) is 7.83. The summed E-state index contributed by atoms with van der Waals surface area (Å²) >= 11 is 7.55. The number of hydrogen-bond acceptors (Lipinski definition) is 6. The van der Waals surface area contributed by atoms with Gasteiger partial charge in [0.05, 0.1) is 11.4 Å². The van der Waals surface area contributed by atoms with Crippen molar-refractivity contribution in [3.05, 3.63) is 64.9 Å². The third-order valence-electron chi connectivity index (χ3n) is 5.30. The highest BCUT2D eigenvalue weighted by molar-refractivity contribution is 7.89. The van der Waals surface area contributed by atoms with Gasteiger partial charge in [0.2, 0.25) is 15.9 Å². The molecule has 0 bridgehead atoms. The molecule has 0 radical (unpaired) electrons. The fraction of sp³-hybridized carbons (Fsp3) is 0.190. The Hall–Kier alpha value is -2.59. The van der Waals surface area contributed by atoms with E-state index in [1.165, 1.54) is 17.7 Å². The van der Waals surface area contributed by atoms with E-state index in [4.69, 9.17) is 11.6 Å². The number of halogens is 1. The number of amides is 1. The topological polar surface area (TPSA) is 92.3 Å². The van der Waals surface area contributed by atoms with E-state index in [9.17, 15) is 13.2 Å². The zero-order valence-corrected chi connectivity index (χ0v) is 18.5. The van der Waals surface area contributed by atoms with Crippen molar-refractivity contribution in [2.75, 3.05) is 6.54 Å². The molecule has 2 aromatic carbocycles. The Bertz CT molecular complexity index is 1420. The van der Waals surface area contributed by atoms with Crippen molar-refractivity contribution in [3.8, 4) is 0 Å². The van der Waals surface area contributed by atoms with E-state index >= 15 is 0 Å². The SMILES string of the molecule is O=C1[C@@H](NS(=O)(=O)c2ccc3ccccc3c2)CCN1Cc1cc2c(Cl)ncnc2s1. The van der Waals surface area contributed by atoms with Crippen LogP contribution in [0.1, 0.15) is 11.3 Å². The second-order valence-electron chi connectivity index (χ2n) is 7.33. The van der Waals surface area contributed by atoms with Gasteiger partial charge in [0.1, 0.15) is 22.4 Å². The Balaban J connectivity index is 1.32. The molecule has 0 aliphatic carbocycles. The van der Waals surface area contributed by atoms with Gasteiger partial charge in [0, 0.05) is 16.8 Å². The van der Waals surface area contributed by atoms with Gasteiger partial charge in [-0.05, 0) is 35.4 Å². The number of carbonyl (C=O) groups excluding carboxylic acids is 1. The average molecular weight is 473 g/mol. The van der Waals surface area contributed by atoms with Gasteiger partial charge in [-0.15, -0.1) is 11.3 Å². The highest BCUT2D eigenvalue weighted by Gasteiger charge is 2.35. The van der Waals surface area contributed by atoms with Crippen LogP contribution in [0.4, 0.5) is 0 Å². The maximum Gasteiger partial charge on any atom is 0.241 e. The normalized spacial score (nSPS) is 17.1. The van der Waals surface area contributed by atoms with Crippen LogP contribution in [0.15, 0.2) is 59.8 Å². The fourth-order valence-electron chi connectivity index (χ4n) is 3.74. The summed E-state index contributed by atoms with van der Waals surface area (Å²) in [5.74, 6) is -0.237. The molecule has 1 aliphatic heterocycles. The van der Waals surface area contributed by atoms with Crippen LogP contribution in [0.2, 0.25) is 5.15 Å². The summed E-state index contributed by atoms with van der Waals surface area (Å²) in [6, 6.07) is 13.6. The Morgan fingerprint density at radius 1 is 1.13 bits per heavy atom. The Labute approximate surface area is 187 Å². The van der Waals surface area contributed by atoms with Crippen molar-refractivity contribution in [2.24, 2.45) is 0 Å². The number of nitrogens with zero attached hydrogens (tertiary/aromatic N) is 3. The van der Waals surface area contributed by atoms with Crippen LogP contribution in [0.5, 0.6) is 0 Å². The number of carbonyl (C=O) groups is 1. The molecule has 158 valence electrons. The summed E-state index contributed by atoms with van der Waals surface area (Å²) in [7, 11) is -3.82. The van der Waals surface area contributed by atoms with Crippen LogP contribution in [-0.2, 0) is 21.4 Å². The van der Waals surface area contributed by atoms with Crippen LogP contribution >= 0.6 is 22.9 Å². The molecule has 1 atom stereocenters. The predicted octanol–water partition coefficient (Wildman–Crippen LogP) is 3.58. The van der Waals surface area contributed by atoms with Crippen molar-refractivity contribution in [2.45, 2.75) is 23.9 Å². The quantitative estimate of drug-likeness (QED) is 0.448. The predicted molar refractivity (Wildman–Crippen MR) is 121 cm³/mol. The molecule has 1 aliphatic rings. The van der Waals surface area contributed by atoms with Gasteiger partial charge in [-0.25, -0.2) is 18.4 Å². The number of rotatable bonds is 5. The minimum absolute atomic E-state index is 0.148. The molecular formula is C21H17ClN4O3S2. The van der Waals surface area contributed by atoms with Gasteiger partial charge < -0.3 is 4.90 Å². The summed E-state index contributed by atoms with van der Waals surface area (Å²) in [6.07, 6.45) is 1.82. The van der Waals surface area contributed by atoms with E-state index in [0.717, 1.165) is 25.9 Å². The van der Waals surface area contributed by atoms with Gasteiger partial charge in [-0.2, -0.15) is 4.72 Å². The molecule has 10 heteroatoms. The summed E-state index contributed by atoms with van der Waals surface area (Å²) in [5, 5.41) is 2.92. The standard InChI is InChI=1S/C21H17ClN4O3S2/c22-19-17-10-15(30-20(17)24-12-23-19)11-26-8-7-18(21(26)27)25-31(28,29)16-6-5-13-3-1-2-4-14(13)9-16/h1-6,9-10,12,18,25H,7-8,11H2/t18-/m0/s1. The average Bonchev–Trinajstić information content (AvgIpc) is 3.32. The number of fused-ring (bicyclic) bond motifs is 2. The molecule has 1 saturated heterocycles. The molecule has 0 unspecified atom stereocenters. The first-order valence-electron chi connectivity index (χ1n) is 9.59. The molecule has 3 heterocycles. The lowest BCUT2D eigenvalue weighted by molar-refractivity contribution is -0.129. The third-order valence-corrected chi connectivity index (χ3v) is 8.10. The Morgan fingerprint density at radius 3 is 2.74 bits per heavy atom. The largest absolute Gasteiger partial charge is 0.336 e. The maximum absolute atomic E-state index is 12.9. The summed E-state index contributed by atoms with van der Waals surface area (Å²) in [5.41, 5.74) is 0. The van der Waals surface area contributed by atoms with E-state index in [0.29, 0.717) is 24.7 Å². The molecule has 31 heavy (non-hydrogen) atoms. The van der Waals surface area contributed by atoms with E-state index in [2.05, 4.69) is 14.7 Å². The first-order valence-corrected chi connectivity index (χ1v) is 12.3. The van der Waals surface area contributed by atoms with Gasteiger partial charge in [0.25, 0.3) is 0 Å². The molecular weight excluding hydrogens is 456 g/mol.